The van der Waals surface area contributed by atoms with E-state index in [-0.39, 0.29) is 23.6 Å². The van der Waals surface area contributed by atoms with Crippen LogP contribution in [0.4, 0.5) is 11.4 Å². The second kappa shape index (κ2) is 5.98. The molecule has 0 saturated carbocycles. The van der Waals surface area contributed by atoms with Gasteiger partial charge in [0.05, 0.1) is 16.5 Å². The summed E-state index contributed by atoms with van der Waals surface area (Å²) in [5.74, 6) is -0.818. The number of aromatic carboxylic acids is 1. The molecule has 132 valence electrons. The third-order valence-electron chi connectivity index (χ3n) is 5.40. The Kier molecular flexibility index (Phi) is 3.76. The van der Waals surface area contributed by atoms with Crippen LogP contribution in [-0.4, -0.2) is 16.0 Å². The largest absolute Gasteiger partial charge is 0.478 e. The number of nitrogens with zero attached hydrogens (tertiary/aromatic N) is 1. The monoisotopic (exact) mass is 350 g/mol. The average Bonchev–Trinajstić information content (AvgIpc) is 3.11. The number of nitro groups is 1. The van der Waals surface area contributed by atoms with E-state index in [0.717, 1.165) is 28.8 Å². The van der Waals surface area contributed by atoms with Gasteiger partial charge in [-0.15, -0.1) is 0 Å². The van der Waals surface area contributed by atoms with Gasteiger partial charge in [0.25, 0.3) is 5.69 Å². The van der Waals surface area contributed by atoms with Crippen LogP contribution < -0.4 is 5.32 Å². The van der Waals surface area contributed by atoms with Gasteiger partial charge in [0.1, 0.15) is 0 Å². The summed E-state index contributed by atoms with van der Waals surface area (Å²) in [6.45, 7) is 1.95. The maximum atomic E-state index is 11.7. The smallest absolute Gasteiger partial charge is 0.336 e. The molecule has 1 aliphatic carbocycles. The Bertz CT molecular complexity index is 951. The molecule has 0 bridgehead atoms. The molecule has 2 aliphatic rings. The highest BCUT2D eigenvalue weighted by Crippen LogP contribution is 2.51. The van der Waals surface area contributed by atoms with Gasteiger partial charge in [0.15, 0.2) is 0 Å². The first-order chi connectivity index (χ1) is 12.5. The Morgan fingerprint density at radius 3 is 2.85 bits per heavy atom. The summed E-state index contributed by atoms with van der Waals surface area (Å²) in [6.07, 6.45) is 4.95. The molecule has 2 aromatic carbocycles. The second-order valence-electron chi connectivity index (χ2n) is 6.85. The number of nitrogens with one attached hydrogen (secondary N) is 1. The molecule has 3 atom stereocenters. The molecule has 2 N–H and O–H groups in total. The molecule has 0 aromatic heterocycles. The van der Waals surface area contributed by atoms with E-state index >= 15 is 0 Å². The van der Waals surface area contributed by atoms with Gasteiger partial charge in [-0.3, -0.25) is 10.1 Å². The Labute approximate surface area is 150 Å². The second-order valence-corrected chi connectivity index (χ2v) is 6.85. The van der Waals surface area contributed by atoms with Crippen LogP contribution >= 0.6 is 0 Å². The van der Waals surface area contributed by atoms with Gasteiger partial charge in [-0.1, -0.05) is 30.4 Å². The van der Waals surface area contributed by atoms with E-state index in [1.54, 1.807) is 24.3 Å². The van der Waals surface area contributed by atoms with Crippen molar-refractivity contribution >= 4 is 17.3 Å². The number of carboxylic acids is 1. The Balaban J connectivity index is 1.85. The van der Waals surface area contributed by atoms with Crippen LogP contribution in [0.2, 0.25) is 0 Å². The van der Waals surface area contributed by atoms with E-state index in [1.807, 2.05) is 13.0 Å². The Morgan fingerprint density at radius 2 is 2.12 bits per heavy atom. The Morgan fingerprint density at radius 1 is 1.31 bits per heavy atom. The minimum Gasteiger partial charge on any atom is -0.478 e. The molecule has 0 spiro atoms. The van der Waals surface area contributed by atoms with Crippen LogP contribution in [-0.2, 0) is 0 Å². The highest BCUT2D eigenvalue weighted by atomic mass is 16.6. The first kappa shape index (κ1) is 16.3. The molecule has 6 heteroatoms. The minimum atomic E-state index is -0.934. The third-order valence-corrected chi connectivity index (χ3v) is 5.40. The van der Waals surface area contributed by atoms with Gasteiger partial charge < -0.3 is 10.4 Å². The zero-order valence-corrected chi connectivity index (χ0v) is 14.2. The lowest BCUT2D eigenvalue weighted by Crippen LogP contribution is -2.31. The van der Waals surface area contributed by atoms with Crippen LogP contribution in [0.3, 0.4) is 0 Å². The maximum Gasteiger partial charge on any atom is 0.336 e. The van der Waals surface area contributed by atoms with Gasteiger partial charge in [0.2, 0.25) is 0 Å². The number of nitro benzene ring substituents is 1. The number of hydrogen-bond acceptors (Lipinski definition) is 4. The van der Waals surface area contributed by atoms with Crippen molar-refractivity contribution in [1.29, 1.82) is 0 Å². The van der Waals surface area contributed by atoms with E-state index in [4.69, 9.17) is 0 Å². The van der Waals surface area contributed by atoms with Crippen LogP contribution in [0, 0.1) is 23.0 Å². The molecule has 4 rings (SSSR count). The number of aryl methyl sites for hydroxylation is 1. The molecule has 0 amide bonds. The van der Waals surface area contributed by atoms with Crippen LogP contribution in [0.25, 0.3) is 0 Å². The molecule has 26 heavy (non-hydrogen) atoms. The highest BCUT2D eigenvalue weighted by molar-refractivity contribution is 5.93. The van der Waals surface area contributed by atoms with Crippen molar-refractivity contribution in [2.45, 2.75) is 25.3 Å². The summed E-state index contributed by atoms with van der Waals surface area (Å²) < 4.78 is 0. The van der Waals surface area contributed by atoms with Crippen LogP contribution in [0.15, 0.2) is 48.6 Å². The summed E-state index contributed by atoms with van der Waals surface area (Å²) in [5.41, 5.74) is 3.85. The summed E-state index contributed by atoms with van der Waals surface area (Å²) in [4.78, 5) is 22.5. The van der Waals surface area contributed by atoms with Crippen molar-refractivity contribution in [1.82, 2.24) is 0 Å². The van der Waals surface area contributed by atoms with Crippen molar-refractivity contribution in [2.75, 3.05) is 5.32 Å². The topological polar surface area (TPSA) is 92.5 Å². The average molecular weight is 350 g/mol. The van der Waals surface area contributed by atoms with Gasteiger partial charge in [-0.2, -0.15) is 0 Å². The van der Waals surface area contributed by atoms with Gasteiger partial charge in [-0.25, -0.2) is 4.79 Å². The number of carbonyl (C=O) groups is 1. The molecule has 0 radical (unpaired) electrons. The molecule has 1 heterocycles. The van der Waals surface area contributed by atoms with Crippen molar-refractivity contribution in [3.63, 3.8) is 0 Å². The van der Waals surface area contributed by atoms with Crippen molar-refractivity contribution in [3.8, 4) is 0 Å². The molecule has 0 saturated heterocycles. The van der Waals surface area contributed by atoms with E-state index in [2.05, 4.69) is 17.5 Å². The number of non-ortho nitro benzene ring substituents is 1. The first-order valence-electron chi connectivity index (χ1n) is 8.51. The number of hydrogen-bond donors (Lipinski definition) is 2. The number of rotatable bonds is 3. The lowest BCUT2D eigenvalue weighted by atomic mass is 9.74. The molecular weight excluding hydrogens is 332 g/mol. The number of anilines is 1. The first-order valence-corrected chi connectivity index (χ1v) is 8.51. The highest BCUT2D eigenvalue weighted by Gasteiger charge is 2.40. The summed E-state index contributed by atoms with van der Waals surface area (Å²) in [7, 11) is 0. The fraction of sp³-hybridized carbons (Fsp3) is 0.250. The van der Waals surface area contributed by atoms with E-state index < -0.39 is 10.9 Å². The summed E-state index contributed by atoms with van der Waals surface area (Å²) >= 11 is 0. The number of fused-ring (bicyclic) bond motifs is 3. The summed E-state index contributed by atoms with van der Waals surface area (Å²) in [6, 6.07) is 10.0. The molecular formula is C20H18N2O4. The lowest BCUT2D eigenvalue weighted by Gasteiger charge is -2.39. The predicted octanol–water partition coefficient (Wildman–Crippen LogP) is 4.43. The fourth-order valence-corrected chi connectivity index (χ4v) is 4.20. The van der Waals surface area contributed by atoms with Crippen LogP contribution in [0.1, 0.15) is 45.4 Å². The van der Waals surface area contributed by atoms with Gasteiger partial charge in [-0.05, 0) is 42.0 Å². The van der Waals surface area contributed by atoms with E-state index in [1.165, 1.54) is 6.07 Å². The van der Waals surface area contributed by atoms with E-state index in [9.17, 15) is 20.0 Å². The summed E-state index contributed by atoms with van der Waals surface area (Å²) in [5, 5.41) is 24.2. The fourth-order valence-electron chi connectivity index (χ4n) is 4.20. The van der Waals surface area contributed by atoms with Gasteiger partial charge >= 0.3 is 5.97 Å². The normalized spacial score (nSPS) is 23.0. The predicted molar refractivity (Wildman–Crippen MR) is 97.6 cm³/mol. The maximum absolute atomic E-state index is 11.7. The zero-order valence-electron chi connectivity index (χ0n) is 14.2. The lowest BCUT2D eigenvalue weighted by molar-refractivity contribution is -0.384. The zero-order chi connectivity index (χ0) is 18.4. The van der Waals surface area contributed by atoms with Crippen molar-refractivity contribution in [2.24, 2.45) is 5.92 Å². The van der Waals surface area contributed by atoms with Gasteiger partial charge in [0, 0.05) is 23.7 Å². The van der Waals surface area contributed by atoms with E-state index in [0.29, 0.717) is 5.56 Å². The minimum absolute atomic E-state index is 0.0125. The SMILES string of the molecule is Cc1ccc(C(=O)O)c2c1NC(c1cccc([N+](=O)[O-])c1)C1CC=CC21. The quantitative estimate of drug-likeness (QED) is 0.485. The molecule has 2 aromatic rings. The number of benzene rings is 2. The third kappa shape index (κ3) is 2.45. The number of allylic oxidation sites excluding steroid dienone is 2. The number of carboxylic acid groups (broad SMARTS) is 1. The van der Waals surface area contributed by atoms with Crippen molar-refractivity contribution < 1.29 is 14.8 Å². The molecule has 3 unspecified atom stereocenters. The molecule has 1 aliphatic heterocycles. The molecule has 0 fully saturated rings. The molecule has 6 nitrogen and oxygen atoms in total. The Hall–Kier alpha value is -3.15. The standard InChI is InChI=1S/C20H18N2O4/c1-11-8-9-16(20(23)24)17-14-6-3-7-15(14)19(21-18(11)17)12-4-2-5-13(10-12)22(25)26/h2-6,8-10,14-15,19,21H,7H2,1H3,(H,23,24). The van der Waals surface area contributed by atoms with Crippen molar-refractivity contribution in [3.05, 3.63) is 80.9 Å². The van der Waals surface area contributed by atoms with Crippen LogP contribution in [0.5, 0.6) is 0 Å².